The Hall–Kier alpha value is -0.410. The second-order valence-electron chi connectivity index (χ2n) is 4.93. The standard InChI is InChI=1S/C12H23NO2/c1-8-4-5-10(6-9(8)2)12(14)11(13)7-15-3/h8-11H,4-7,13H2,1-3H3. The van der Waals surface area contributed by atoms with Crippen LogP contribution in [0, 0.1) is 17.8 Å². The Labute approximate surface area is 92.4 Å². The number of Topliss-reactive ketones (excluding diaryl/α,β-unsaturated/α-hetero) is 1. The van der Waals surface area contributed by atoms with E-state index < -0.39 is 6.04 Å². The lowest BCUT2D eigenvalue weighted by atomic mass is 9.73. The zero-order valence-corrected chi connectivity index (χ0v) is 10.0. The molecule has 0 spiro atoms. The van der Waals surface area contributed by atoms with Crippen molar-refractivity contribution in [2.45, 2.75) is 39.2 Å². The van der Waals surface area contributed by atoms with Gasteiger partial charge in [0.15, 0.2) is 5.78 Å². The smallest absolute Gasteiger partial charge is 0.154 e. The molecule has 3 nitrogen and oxygen atoms in total. The van der Waals surface area contributed by atoms with Crippen LogP contribution in [0.3, 0.4) is 0 Å². The maximum absolute atomic E-state index is 11.9. The monoisotopic (exact) mass is 213 g/mol. The predicted octanol–water partition coefficient (Wildman–Crippen LogP) is 1.60. The number of carbonyl (C=O) groups excluding carboxylic acids is 1. The molecule has 0 radical (unpaired) electrons. The summed E-state index contributed by atoms with van der Waals surface area (Å²) in [5.74, 6) is 1.74. The molecule has 1 aliphatic rings. The van der Waals surface area contributed by atoms with Gasteiger partial charge in [0.05, 0.1) is 12.6 Å². The maximum atomic E-state index is 11.9. The molecule has 1 saturated carbocycles. The molecule has 4 unspecified atom stereocenters. The van der Waals surface area contributed by atoms with Crippen molar-refractivity contribution in [2.75, 3.05) is 13.7 Å². The van der Waals surface area contributed by atoms with Gasteiger partial charge >= 0.3 is 0 Å². The second kappa shape index (κ2) is 5.61. The van der Waals surface area contributed by atoms with E-state index in [1.165, 1.54) is 0 Å². The first-order chi connectivity index (χ1) is 7.06. The summed E-state index contributed by atoms with van der Waals surface area (Å²) in [5, 5.41) is 0. The first kappa shape index (κ1) is 12.7. The lowest BCUT2D eigenvalue weighted by molar-refractivity contribution is -0.127. The Kier molecular flexibility index (Phi) is 4.74. The fourth-order valence-electron chi connectivity index (χ4n) is 2.37. The Bertz CT molecular complexity index is 218. The van der Waals surface area contributed by atoms with Gasteiger partial charge in [-0.25, -0.2) is 0 Å². The summed E-state index contributed by atoms with van der Waals surface area (Å²) in [4.78, 5) is 11.9. The van der Waals surface area contributed by atoms with Crippen LogP contribution >= 0.6 is 0 Å². The molecule has 0 saturated heterocycles. The molecule has 0 amide bonds. The molecular weight excluding hydrogens is 190 g/mol. The number of ketones is 1. The number of ether oxygens (including phenoxy) is 1. The fraction of sp³-hybridized carbons (Fsp3) is 0.917. The molecule has 0 aromatic heterocycles. The Morgan fingerprint density at radius 2 is 2.07 bits per heavy atom. The van der Waals surface area contributed by atoms with Crippen molar-refractivity contribution in [1.82, 2.24) is 0 Å². The van der Waals surface area contributed by atoms with Crippen molar-refractivity contribution in [3.8, 4) is 0 Å². The highest BCUT2D eigenvalue weighted by atomic mass is 16.5. The van der Waals surface area contributed by atoms with Crippen molar-refractivity contribution in [1.29, 1.82) is 0 Å². The van der Waals surface area contributed by atoms with Gasteiger partial charge in [0, 0.05) is 13.0 Å². The number of methoxy groups -OCH3 is 1. The van der Waals surface area contributed by atoms with Crippen molar-refractivity contribution < 1.29 is 9.53 Å². The fourth-order valence-corrected chi connectivity index (χ4v) is 2.37. The summed E-state index contributed by atoms with van der Waals surface area (Å²) < 4.78 is 4.92. The van der Waals surface area contributed by atoms with E-state index in [1.54, 1.807) is 7.11 Å². The average Bonchev–Trinajstić information content (AvgIpc) is 2.21. The molecule has 0 heterocycles. The number of hydrogen-bond acceptors (Lipinski definition) is 3. The topological polar surface area (TPSA) is 52.3 Å². The van der Waals surface area contributed by atoms with Gasteiger partial charge in [0.2, 0.25) is 0 Å². The summed E-state index contributed by atoms with van der Waals surface area (Å²) in [5.41, 5.74) is 5.76. The lowest BCUT2D eigenvalue weighted by Crippen LogP contribution is -2.41. The normalized spacial score (nSPS) is 33.7. The van der Waals surface area contributed by atoms with Crippen LogP contribution in [0.2, 0.25) is 0 Å². The second-order valence-corrected chi connectivity index (χ2v) is 4.93. The largest absolute Gasteiger partial charge is 0.383 e. The first-order valence-electron chi connectivity index (χ1n) is 5.84. The van der Waals surface area contributed by atoms with E-state index in [-0.39, 0.29) is 11.7 Å². The molecule has 1 aliphatic carbocycles. The molecule has 2 N–H and O–H groups in total. The van der Waals surface area contributed by atoms with Crippen LogP contribution in [0.1, 0.15) is 33.1 Å². The van der Waals surface area contributed by atoms with Crippen LogP contribution < -0.4 is 5.73 Å². The zero-order valence-electron chi connectivity index (χ0n) is 10.0. The van der Waals surface area contributed by atoms with Crippen molar-refractivity contribution in [3.05, 3.63) is 0 Å². The van der Waals surface area contributed by atoms with E-state index in [9.17, 15) is 4.79 Å². The van der Waals surface area contributed by atoms with Gasteiger partial charge in [-0.15, -0.1) is 0 Å². The highest BCUT2D eigenvalue weighted by molar-refractivity contribution is 5.86. The predicted molar refractivity (Wildman–Crippen MR) is 60.5 cm³/mol. The quantitative estimate of drug-likeness (QED) is 0.771. The minimum absolute atomic E-state index is 0.168. The van der Waals surface area contributed by atoms with Gasteiger partial charge in [-0.3, -0.25) is 4.79 Å². The lowest BCUT2D eigenvalue weighted by Gasteiger charge is -2.32. The minimum atomic E-state index is -0.430. The number of rotatable bonds is 4. The summed E-state index contributed by atoms with van der Waals surface area (Å²) in [7, 11) is 1.58. The van der Waals surface area contributed by atoms with Gasteiger partial charge in [0.25, 0.3) is 0 Å². The summed E-state index contributed by atoms with van der Waals surface area (Å²) >= 11 is 0. The van der Waals surface area contributed by atoms with Crippen LogP contribution in [0.25, 0.3) is 0 Å². The number of nitrogens with two attached hydrogens (primary N) is 1. The molecule has 0 aromatic carbocycles. The highest BCUT2D eigenvalue weighted by Crippen LogP contribution is 2.33. The van der Waals surface area contributed by atoms with Crippen LogP contribution in [0.15, 0.2) is 0 Å². The molecule has 0 aromatic rings. The molecule has 4 atom stereocenters. The molecule has 0 bridgehead atoms. The van der Waals surface area contributed by atoms with Crippen molar-refractivity contribution in [2.24, 2.45) is 23.5 Å². The summed E-state index contributed by atoms with van der Waals surface area (Å²) in [6.07, 6.45) is 3.15. The molecule has 1 fully saturated rings. The molecular formula is C12H23NO2. The van der Waals surface area contributed by atoms with E-state index >= 15 is 0 Å². The molecule has 3 heteroatoms. The van der Waals surface area contributed by atoms with E-state index in [0.717, 1.165) is 25.2 Å². The van der Waals surface area contributed by atoms with E-state index in [2.05, 4.69) is 13.8 Å². The van der Waals surface area contributed by atoms with Crippen LogP contribution in [0.5, 0.6) is 0 Å². The molecule has 1 rings (SSSR count). The molecule has 0 aliphatic heterocycles. The van der Waals surface area contributed by atoms with Gasteiger partial charge in [0.1, 0.15) is 0 Å². The van der Waals surface area contributed by atoms with Gasteiger partial charge in [-0.05, 0) is 31.1 Å². The summed E-state index contributed by atoms with van der Waals surface area (Å²) in [6.45, 7) is 4.84. The Morgan fingerprint density at radius 1 is 1.40 bits per heavy atom. The van der Waals surface area contributed by atoms with Crippen LogP contribution in [0.4, 0.5) is 0 Å². The van der Waals surface area contributed by atoms with E-state index in [0.29, 0.717) is 12.5 Å². The van der Waals surface area contributed by atoms with Crippen LogP contribution in [-0.2, 0) is 9.53 Å². The first-order valence-corrected chi connectivity index (χ1v) is 5.84. The van der Waals surface area contributed by atoms with E-state index in [1.807, 2.05) is 0 Å². The Balaban J connectivity index is 2.47. The van der Waals surface area contributed by atoms with E-state index in [4.69, 9.17) is 10.5 Å². The average molecular weight is 213 g/mol. The third kappa shape index (κ3) is 3.28. The van der Waals surface area contributed by atoms with Gasteiger partial charge in [-0.2, -0.15) is 0 Å². The molecule has 15 heavy (non-hydrogen) atoms. The van der Waals surface area contributed by atoms with Crippen molar-refractivity contribution in [3.63, 3.8) is 0 Å². The Morgan fingerprint density at radius 3 is 2.60 bits per heavy atom. The van der Waals surface area contributed by atoms with Crippen LogP contribution in [-0.4, -0.2) is 25.5 Å². The third-order valence-electron chi connectivity index (χ3n) is 3.71. The zero-order chi connectivity index (χ0) is 11.4. The SMILES string of the molecule is COCC(N)C(=O)C1CCC(C)C(C)C1. The minimum Gasteiger partial charge on any atom is -0.383 e. The number of hydrogen-bond donors (Lipinski definition) is 1. The van der Waals surface area contributed by atoms with Gasteiger partial charge in [-0.1, -0.05) is 13.8 Å². The van der Waals surface area contributed by atoms with Gasteiger partial charge < -0.3 is 10.5 Å². The third-order valence-corrected chi connectivity index (χ3v) is 3.71. The molecule has 88 valence electrons. The summed E-state index contributed by atoms with van der Waals surface area (Å²) in [6, 6.07) is -0.430. The number of carbonyl (C=O) groups is 1. The maximum Gasteiger partial charge on any atom is 0.154 e. The highest BCUT2D eigenvalue weighted by Gasteiger charge is 2.31. The van der Waals surface area contributed by atoms with Crippen molar-refractivity contribution >= 4 is 5.78 Å².